The monoisotopic (exact) mass is 722 g/mol. The summed E-state index contributed by atoms with van der Waals surface area (Å²) in [6, 6.07) is 14.0. The summed E-state index contributed by atoms with van der Waals surface area (Å²) in [7, 11) is 0. The van der Waals surface area contributed by atoms with Crippen molar-refractivity contribution in [2.45, 2.75) is 125 Å². The van der Waals surface area contributed by atoms with Crippen molar-refractivity contribution in [2.24, 2.45) is 56.7 Å². The number of aliphatic hydroxyl groups is 1. The number of fused-ring (bicyclic) bond motifs is 7. The quantitative estimate of drug-likeness (QED) is 0.203. The molecule has 7 rings (SSSR count). The summed E-state index contributed by atoms with van der Waals surface area (Å²) in [5.41, 5.74) is 3.29. The zero-order chi connectivity index (χ0) is 38.1. The van der Waals surface area contributed by atoms with Gasteiger partial charge in [0.15, 0.2) is 0 Å². The van der Waals surface area contributed by atoms with E-state index in [2.05, 4.69) is 58.8 Å². The topological polar surface area (TPSA) is 116 Å². The zero-order valence-electron chi connectivity index (χ0n) is 32.9. The Hall–Kier alpha value is -3.45. The highest BCUT2D eigenvalue weighted by molar-refractivity contribution is 5.95. The molecule has 0 bridgehead atoms. The molecule has 5 aliphatic carbocycles. The van der Waals surface area contributed by atoms with E-state index in [1.165, 1.54) is 30.9 Å². The predicted octanol–water partition coefficient (Wildman–Crippen LogP) is 8.95. The highest BCUT2D eigenvalue weighted by Gasteiger charge is 2.71. The Labute approximate surface area is 316 Å². The maximum Gasteiger partial charge on any atom is 0.336 e. The van der Waals surface area contributed by atoms with Gasteiger partial charge in [-0.1, -0.05) is 77.1 Å². The van der Waals surface area contributed by atoms with Crippen molar-refractivity contribution in [3.63, 3.8) is 0 Å². The molecule has 0 aliphatic heterocycles. The Bertz CT molecular complexity index is 1800. The molecule has 5 aliphatic rings. The Kier molecular flexibility index (Phi) is 9.56. The van der Waals surface area contributed by atoms with Crippen molar-refractivity contribution < 1.29 is 24.6 Å². The third kappa shape index (κ3) is 5.81. The number of carbonyl (C=O) groups excluding carboxylic acids is 2. The lowest BCUT2D eigenvalue weighted by Gasteiger charge is -2.72. The number of carboxylic acids is 1. The lowest BCUT2D eigenvalue weighted by atomic mass is 9.32. The van der Waals surface area contributed by atoms with E-state index in [0.717, 1.165) is 50.5 Å². The van der Waals surface area contributed by atoms with Crippen LogP contribution in [-0.4, -0.2) is 34.1 Å². The van der Waals surface area contributed by atoms with Gasteiger partial charge in [0.1, 0.15) is 0 Å². The molecule has 2 aromatic rings. The van der Waals surface area contributed by atoms with Crippen LogP contribution in [0.1, 0.15) is 138 Å². The number of amides is 2. The molecule has 0 radical (unpaired) electrons. The van der Waals surface area contributed by atoms with Crippen molar-refractivity contribution in [3.05, 3.63) is 82.9 Å². The fraction of sp³-hybridized carbons (Fsp3) is 0.630. The number of benzene rings is 2. The first-order valence-corrected chi connectivity index (χ1v) is 20.3. The van der Waals surface area contributed by atoms with Gasteiger partial charge < -0.3 is 20.8 Å². The maximum absolute atomic E-state index is 14.7. The molecule has 10 atom stereocenters. The van der Waals surface area contributed by atoms with Gasteiger partial charge in [0.2, 0.25) is 5.91 Å². The van der Waals surface area contributed by atoms with Crippen molar-refractivity contribution in [3.8, 4) is 0 Å². The first-order valence-electron chi connectivity index (χ1n) is 20.3. The Morgan fingerprint density at radius 2 is 1.55 bits per heavy atom. The van der Waals surface area contributed by atoms with E-state index in [1.54, 1.807) is 24.3 Å². The van der Waals surface area contributed by atoms with Crippen LogP contribution in [0.3, 0.4) is 0 Å². The molecule has 0 heterocycles. The number of hydrogen-bond donors (Lipinski definition) is 4. The number of allylic oxidation sites excluding steroid dienone is 1. The molecule has 2 aromatic carbocycles. The van der Waals surface area contributed by atoms with Crippen LogP contribution in [0.4, 0.5) is 0 Å². The first kappa shape index (κ1) is 37.8. The van der Waals surface area contributed by atoms with Crippen molar-refractivity contribution in [1.29, 1.82) is 0 Å². The standard InChI is InChI=1S/C46H62N2O5/c1-28(2)32-17-22-46(41(53)48-26-29-11-10-13-30(25-29)39(50)47-27-31-12-8-9-14-33(31)40(51)52)24-23-44(6)34(38(32)46)15-16-36-43(5)20-19-37(49)42(3,4)35(43)18-21-45(36,44)7/h8-14,25,32,34-38,49H,1,15-24,26-27H2,2-7H3,(H,47,50)(H,48,53)(H,51,52)/t32-,34?,35?,36?,37-,38?,43-,44+,45+,46-/m0/s1. The number of rotatable bonds is 8. The third-order valence-corrected chi connectivity index (χ3v) is 16.8. The molecule has 0 spiro atoms. The molecule has 7 nitrogen and oxygen atoms in total. The van der Waals surface area contributed by atoms with Crippen LogP contribution in [0.15, 0.2) is 60.7 Å². The van der Waals surface area contributed by atoms with Crippen molar-refractivity contribution in [2.75, 3.05) is 0 Å². The van der Waals surface area contributed by atoms with E-state index in [9.17, 15) is 24.6 Å². The second-order valence-electron chi connectivity index (χ2n) is 19.2. The van der Waals surface area contributed by atoms with Crippen LogP contribution in [0.2, 0.25) is 0 Å². The Morgan fingerprint density at radius 1 is 0.792 bits per heavy atom. The van der Waals surface area contributed by atoms with Gasteiger partial charge in [0.05, 0.1) is 17.1 Å². The number of aromatic carboxylic acids is 1. The Balaban J connectivity index is 1.09. The maximum atomic E-state index is 14.7. The summed E-state index contributed by atoms with van der Waals surface area (Å²) in [5, 5.41) is 26.9. The average molecular weight is 723 g/mol. The van der Waals surface area contributed by atoms with Crippen LogP contribution in [-0.2, 0) is 17.9 Å². The van der Waals surface area contributed by atoms with Gasteiger partial charge in [0, 0.05) is 18.7 Å². The summed E-state index contributed by atoms with van der Waals surface area (Å²) in [6.07, 6.45) is 10.3. The minimum atomic E-state index is -1.03. The molecule has 4 N–H and O–H groups in total. The van der Waals surface area contributed by atoms with E-state index in [4.69, 9.17) is 0 Å². The fourth-order valence-corrected chi connectivity index (χ4v) is 13.9. The van der Waals surface area contributed by atoms with Gasteiger partial charge >= 0.3 is 5.97 Å². The lowest BCUT2D eigenvalue weighted by molar-refractivity contribution is -0.246. The Morgan fingerprint density at radius 3 is 2.28 bits per heavy atom. The molecule has 7 heteroatoms. The molecule has 286 valence electrons. The normalized spacial score (nSPS) is 38.3. The molecule has 0 aromatic heterocycles. The molecule has 53 heavy (non-hydrogen) atoms. The smallest absolute Gasteiger partial charge is 0.336 e. The van der Waals surface area contributed by atoms with E-state index in [-0.39, 0.29) is 57.6 Å². The van der Waals surface area contributed by atoms with Crippen LogP contribution >= 0.6 is 0 Å². The van der Waals surface area contributed by atoms with Crippen LogP contribution < -0.4 is 10.6 Å². The average Bonchev–Trinajstić information content (AvgIpc) is 3.53. The van der Waals surface area contributed by atoms with Crippen LogP contribution in [0.5, 0.6) is 0 Å². The molecule has 0 saturated heterocycles. The van der Waals surface area contributed by atoms with Gasteiger partial charge in [-0.25, -0.2) is 4.79 Å². The summed E-state index contributed by atoms with van der Waals surface area (Å²) < 4.78 is 0. The van der Waals surface area contributed by atoms with E-state index < -0.39 is 11.4 Å². The summed E-state index contributed by atoms with van der Waals surface area (Å²) >= 11 is 0. The van der Waals surface area contributed by atoms with Crippen molar-refractivity contribution >= 4 is 17.8 Å². The number of carboxylic acid groups (broad SMARTS) is 1. The first-order chi connectivity index (χ1) is 25.0. The van der Waals surface area contributed by atoms with Gasteiger partial charge in [-0.05, 0) is 152 Å². The van der Waals surface area contributed by atoms with Crippen LogP contribution in [0, 0.1) is 56.7 Å². The molecular weight excluding hydrogens is 661 g/mol. The van der Waals surface area contributed by atoms with E-state index >= 15 is 0 Å². The largest absolute Gasteiger partial charge is 0.478 e. The minimum absolute atomic E-state index is 0.0696. The lowest BCUT2D eigenvalue weighted by Crippen LogP contribution is -2.67. The summed E-state index contributed by atoms with van der Waals surface area (Å²) in [5.74, 6) is 1.03. The summed E-state index contributed by atoms with van der Waals surface area (Å²) in [4.78, 5) is 39.5. The van der Waals surface area contributed by atoms with E-state index in [1.807, 2.05) is 18.2 Å². The number of hydrogen-bond acceptors (Lipinski definition) is 4. The van der Waals surface area contributed by atoms with Gasteiger partial charge in [-0.2, -0.15) is 0 Å². The van der Waals surface area contributed by atoms with Gasteiger partial charge in [-0.3, -0.25) is 9.59 Å². The van der Waals surface area contributed by atoms with Crippen molar-refractivity contribution in [1.82, 2.24) is 10.6 Å². The number of carbonyl (C=O) groups is 3. The highest BCUT2D eigenvalue weighted by Crippen LogP contribution is 2.77. The SMILES string of the molecule is C=C(C)[C@@H]1CC[C@]2(C(=O)NCc3cccc(C(=O)NCc4ccccc4C(=O)O)c3)CC[C@]3(C)C(CCC4[C@@]5(C)CC[C@H](O)C(C)(C)C5CC[C@]43C)C12. The van der Waals surface area contributed by atoms with Crippen LogP contribution in [0.25, 0.3) is 0 Å². The van der Waals surface area contributed by atoms with Gasteiger partial charge in [0.25, 0.3) is 5.91 Å². The summed E-state index contributed by atoms with van der Waals surface area (Å²) in [6.45, 7) is 19.6. The molecule has 5 fully saturated rings. The molecule has 2 amide bonds. The number of nitrogens with one attached hydrogen (secondary N) is 2. The second kappa shape index (κ2) is 13.4. The highest BCUT2D eigenvalue weighted by atomic mass is 16.4. The molecule has 4 unspecified atom stereocenters. The zero-order valence-corrected chi connectivity index (χ0v) is 32.9. The predicted molar refractivity (Wildman–Crippen MR) is 208 cm³/mol. The molecule has 5 saturated carbocycles. The molecular formula is C46H62N2O5. The second-order valence-corrected chi connectivity index (χ2v) is 19.2. The third-order valence-electron chi connectivity index (χ3n) is 16.8. The fourth-order valence-electron chi connectivity index (χ4n) is 13.9. The van der Waals surface area contributed by atoms with E-state index in [0.29, 0.717) is 41.3 Å². The minimum Gasteiger partial charge on any atom is -0.478 e. The van der Waals surface area contributed by atoms with Gasteiger partial charge in [-0.15, -0.1) is 0 Å². The number of aliphatic hydroxyl groups excluding tert-OH is 1.